The minimum Gasteiger partial charge on any atom is -0.347 e. The highest BCUT2D eigenvalue weighted by Crippen LogP contribution is 2.22. The maximum Gasteiger partial charge on any atom is 0.328 e. The van der Waals surface area contributed by atoms with Crippen LogP contribution in [0.3, 0.4) is 0 Å². The van der Waals surface area contributed by atoms with E-state index in [2.05, 4.69) is 29.4 Å². The van der Waals surface area contributed by atoms with Gasteiger partial charge in [-0.05, 0) is 23.5 Å². The molecule has 2 rings (SSSR count). The van der Waals surface area contributed by atoms with Crippen LogP contribution in [0.2, 0.25) is 0 Å². The topological polar surface area (TPSA) is 84.0 Å². The van der Waals surface area contributed by atoms with Gasteiger partial charge >= 0.3 is 5.69 Å². The Labute approximate surface area is 140 Å². The predicted molar refractivity (Wildman–Crippen MR) is 92.9 cm³/mol. The van der Waals surface area contributed by atoms with E-state index in [1.807, 2.05) is 26.0 Å². The lowest BCUT2D eigenvalue weighted by Gasteiger charge is -2.23. The molecule has 0 fully saturated rings. The summed E-state index contributed by atoms with van der Waals surface area (Å²) in [5, 5.41) is 2.97. The lowest BCUT2D eigenvalue weighted by atomic mass is 9.95. The number of benzene rings is 1. The van der Waals surface area contributed by atoms with Crippen LogP contribution in [0.4, 0.5) is 0 Å². The van der Waals surface area contributed by atoms with Crippen LogP contribution in [0.5, 0.6) is 0 Å². The molecule has 6 heteroatoms. The van der Waals surface area contributed by atoms with Crippen molar-refractivity contribution in [3.63, 3.8) is 0 Å². The van der Waals surface area contributed by atoms with Crippen molar-refractivity contribution >= 4 is 5.91 Å². The number of nitrogens with one attached hydrogen (secondary N) is 2. The molecule has 1 atom stereocenters. The Bertz CT molecular complexity index is 803. The predicted octanol–water partition coefficient (Wildman–Crippen LogP) is 1.61. The van der Waals surface area contributed by atoms with Crippen molar-refractivity contribution in [1.29, 1.82) is 0 Å². The van der Waals surface area contributed by atoms with Crippen molar-refractivity contribution < 1.29 is 4.79 Å². The van der Waals surface area contributed by atoms with E-state index in [4.69, 9.17) is 0 Å². The summed E-state index contributed by atoms with van der Waals surface area (Å²) in [7, 11) is 0. The third kappa shape index (κ3) is 4.44. The van der Waals surface area contributed by atoms with Gasteiger partial charge in [0.2, 0.25) is 5.91 Å². The average molecular weight is 329 g/mol. The van der Waals surface area contributed by atoms with Crippen LogP contribution < -0.4 is 16.6 Å². The Balaban J connectivity index is 2.13. The number of aromatic nitrogens is 2. The van der Waals surface area contributed by atoms with Crippen LogP contribution in [0.25, 0.3) is 0 Å². The smallest absolute Gasteiger partial charge is 0.328 e. The van der Waals surface area contributed by atoms with Gasteiger partial charge in [-0.15, -0.1) is 0 Å². The Morgan fingerprint density at radius 3 is 2.38 bits per heavy atom. The van der Waals surface area contributed by atoms with E-state index in [0.29, 0.717) is 0 Å². The van der Waals surface area contributed by atoms with Gasteiger partial charge in [-0.25, -0.2) is 4.79 Å². The fourth-order valence-electron chi connectivity index (χ4n) is 2.54. The average Bonchev–Trinajstić information content (AvgIpc) is 2.55. The second-order valence-electron chi connectivity index (χ2n) is 6.12. The highest BCUT2D eigenvalue weighted by atomic mass is 16.2. The number of hydrogen-bond acceptors (Lipinski definition) is 3. The van der Waals surface area contributed by atoms with Gasteiger partial charge in [0.25, 0.3) is 5.56 Å². The second-order valence-corrected chi connectivity index (χ2v) is 6.12. The summed E-state index contributed by atoms with van der Waals surface area (Å²) < 4.78 is 1.17. The number of H-pyrrole nitrogens is 1. The molecule has 128 valence electrons. The number of carbonyl (C=O) groups is 1. The number of hydrogen-bond donors (Lipinski definition) is 2. The minimum absolute atomic E-state index is 0.133. The Morgan fingerprint density at radius 2 is 1.83 bits per heavy atom. The first-order valence-corrected chi connectivity index (χ1v) is 8.08. The molecular formula is C18H23N3O3. The van der Waals surface area contributed by atoms with Crippen LogP contribution in [0, 0.1) is 5.92 Å². The van der Waals surface area contributed by atoms with Crippen LogP contribution in [0.15, 0.2) is 46.1 Å². The van der Waals surface area contributed by atoms with Gasteiger partial charge in [-0.3, -0.25) is 19.1 Å². The second kappa shape index (κ2) is 7.77. The number of carbonyl (C=O) groups excluding carboxylic acids is 1. The summed E-state index contributed by atoms with van der Waals surface area (Å²) in [4.78, 5) is 37.2. The van der Waals surface area contributed by atoms with Crippen molar-refractivity contribution in [2.75, 3.05) is 0 Å². The van der Waals surface area contributed by atoms with Crippen molar-refractivity contribution in [1.82, 2.24) is 14.9 Å². The van der Waals surface area contributed by atoms with E-state index in [0.717, 1.165) is 12.0 Å². The quantitative estimate of drug-likeness (QED) is 0.844. The van der Waals surface area contributed by atoms with E-state index in [1.165, 1.54) is 22.4 Å². The third-order valence-corrected chi connectivity index (χ3v) is 3.94. The molecule has 1 heterocycles. The van der Waals surface area contributed by atoms with E-state index in [-0.39, 0.29) is 24.4 Å². The fraction of sp³-hybridized carbons (Fsp3) is 0.389. The molecule has 0 unspecified atom stereocenters. The number of aromatic amines is 1. The van der Waals surface area contributed by atoms with Crippen molar-refractivity contribution in [2.24, 2.45) is 5.92 Å². The number of amides is 1. The zero-order valence-electron chi connectivity index (χ0n) is 14.2. The van der Waals surface area contributed by atoms with Gasteiger partial charge in [-0.2, -0.15) is 0 Å². The standard InChI is InChI=1S/C18H23N3O3/c1-4-13-5-7-14(8-6-13)17(12(2)3)19-16(23)11-21-10-9-15(22)20-18(21)24/h5-10,12,17H,4,11H2,1-3H3,(H,19,23)(H,20,22,24)/t17-/m1/s1. The van der Waals surface area contributed by atoms with Crippen LogP contribution >= 0.6 is 0 Å². The van der Waals surface area contributed by atoms with Gasteiger partial charge in [-0.1, -0.05) is 45.0 Å². The summed E-state index contributed by atoms with van der Waals surface area (Å²) >= 11 is 0. The molecule has 2 N–H and O–H groups in total. The van der Waals surface area contributed by atoms with Crippen LogP contribution in [-0.4, -0.2) is 15.5 Å². The van der Waals surface area contributed by atoms with Crippen LogP contribution in [-0.2, 0) is 17.8 Å². The summed E-state index contributed by atoms with van der Waals surface area (Å²) in [6.07, 6.45) is 2.29. The number of rotatable bonds is 6. The highest BCUT2D eigenvalue weighted by molar-refractivity contribution is 5.76. The molecule has 0 saturated heterocycles. The van der Waals surface area contributed by atoms with Crippen molar-refractivity contribution in [3.8, 4) is 0 Å². The SMILES string of the molecule is CCc1ccc([C@H](NC(=O)Cn2ccc(=O)[nH]c2=O)C(C)C)cc1. The largest absolute Gasteiger partial charge is 0.347 e. The Morgan fingerprint density at radius 1 is 1.17 bits per heavy atom. The molecule has 1 aromatic heterocycles. The van der Waals surface area contributed by atoms with E-state index < -0.39 is 11.2 Å². The van der Waals surface area contributed by atoms with Gasteiger partial charge in [0.15, 0.2) is 0 Å². The molecule has 1 amide bonds. The monoisotopic (exact) mass is 329 g/mol. The van der Waals surface area contributed by atoms with Gasteiger partial charge in [0.05, 0.1) is 6.04 Å². The maximum absolute atomic E-state index is 12.3. The summed E-state index contributed by atoms with van der Waals surface area (Å²) in [5.74, 6) is -0.0730. The minimum atomic E-state index is -0.592. The first kappa shape index (κ1) is 17.7. The summed E-state index contributed by atoms with van der Waals surface area (Å²) in [5.41, 5.74) is 1.20. The first-order chi connectivity index (χ1) is 11.4. The molecule has 0 radical (unpaired) electrons. The molecule has 6 nitrogen and oxygen atoms in total. The molecular weight excluding hydrogens is 306 g/mol. The molecule has 0 aliphatic rings. The highest BCUT2D eigenvalue weighted by Gasteiger charge is 2.18. The van der Waals surface area contributed by atoms with Crippen LogP contribution in [0.1, 0.15) is 37.9 Å². The molecule has 1 aromatic carbocycles. The molecule has 24 heavy (non-hydrogen) atoms. The van der Waals surface area contributed by atoms with E-state index in [1.54, 1.807) is 0 Å². The number of nitrogens with zero attached hydrogens (tertiary/aromatic N) is 1. The Hall–Kier alpha value is -2.63. The molecule has 0 aliphatic carbocycles. The summed E-state index contributed by atoms with van der Waals surface area (Å²) in [6.45, 7) is 6.03. The maximum atomic E-state index is 12.3. The van der Waals surface area contributed by atoms with Gasteiger partial charge in [0, 0.05) is 12.3 Å². The zero-order chi connectivity index (χ0) is 17.7. The lowest BCUT2D eigenvalue weighted by molar-refractivity contribution is -0.122. The summed E-state index contributed by atoms with van der Waals surface area (Å²) in [6, 6.07) is 9.25. The normalized spacial score (nSPS) is 12.2. The molecule has 0 bridgehead atoms. The van der Waals surface area contributed by atoms with E-state index in [9.17, 15) is 14.4 Å². The lowest BCUT2D eigenvalue weighted by Crippen LogP contribution is -2.38. The molecule has 0 saturated carbocycles. The van der Waals surface area contributed by atoms with Crippen molar-refractivity contribution in [2.45, 2.75) is 39.8 Å². The zero-order valence-corrected chi connectivity index (χ0v) is 14.2. The Kier molecular flexibility index (Phi) is 5.73. The fourth-order valence-corrected chi connectivity index (χ4v) is 2.54. The third-order valence-electron chi connectivity index (χ3n) is 3.94. The van der Waals surface area contributed by atoms with Gasteiger partial charge < -0.3 is 5.32 Å². The first-order valence-electron chi connectivity index (χ1n) is 8.08. The van der Waals surface area contributed by atoms with Crippen molar-refractivity contribution in [3.05, 3.63) is 68.5 Å². The van der Waals surface area contributed by atoms with E-state index >= 15 is 0 Å². The van der Waals surface area contributed by atoms with Gasteiger partial charge in [0.1, 0.15) is 6.54 Å². The number of aryl methyl sites for hydroxylation is 1. The molecule has 0 aliphatic heterocycles. The molecule has 0 spiro atoms. The molecule has 2 aromatic rings.